The van der Waals surface area contributed by atoms with Gasteiger partial charge in [0.15, 0.2) is 0 Å². The Kier molecular flexibility index (Phi) is 5.79. The van der Waals surface area contributed by atoms with Crippen LogP contribution in [0.5, 0.6) is 0 Å². The van der Waals surface area contributed by atoms with Gasteiger partial charge >= 0.3 is 0 Å². The van der Waals surface area contributed by atoms with Crippen molar-refractivity contribution in [2.24, 2.45) is 0 Å². The van der Waals surface area contributed by atoms with Crippen LogP contribution in [-0.2, 0) is 6.42 Å². The maximum Gasteiger partial charge on any atom is 0.0250 e. The summed E-state index contributed by atoms with van der Waals surface area (Å²) in [6.07, 6.45) is 6.41. The zero-order chi connectivity index (χ0) is 17.5. The van der Waals surface area contributed by atoms with Gasteiger partial charge in [-0.3, -0.25) is 0 Å². The lowest BCUT2D eigenvalue weighted by atomic mass is 9.98. The normalized spacial score (nSPS) is 10.6. The predicted molar refractivity (Wildman–Crippen MR) is 108 cm³/mol. The van der Waals surface area contributed by atoms with E-state index in [1.54, 1.807) is 0 Å². The summed E-state index contributed by atoms with van der Waals surface area (Å²) >= 11 is 0. The van der Waals surface area contributed by atoms with Crippen molar-refractivity contribution in [3.63, 3.8) is 0 Å². The van der Waals surface area contributed by atoms with Gasteiger partial charge in [0.25, 0.3) is 0 Å². The average Bonchev–Trinajstić information content (AvgIpc) is 2.69. The van der Waals surface area contributed by atoms with Crippen LogP contribution < -0.4 is 0 Å². The molecule has 0 unspecified atom stereocenters. The maximum absolute atomic E-state index is 7.28. The van der Waals surface area contributed by atoms with E-state index < -0.39 is 0 Å². The molecule has 25 heavy (non-hydrogen) atoms. The van der Waals surface area contributed by atoms with Gasteiger partial charge in [0.1, 0.15) is 0 Å². The van der Waals surface area contributed by atoms with Crippen LogP contribution in [0.15, 0.2) is 72.8 Å². The van der Waals surface area contributed by atoms with Crippen LogP contribution in [0.3, 0.4) is 0 Å². The largest absolute Gasteiger partial charge is 0.308 e. The Morgan fingerprint density at radius 1 is 0.640 bits per heavy atom. The van der Waals surface area contributed by atoms with Crippen molar-refractivity contribution in [3.8, 4) is 22.3 Å². The van der Waals surface area contributed by atoms with Gasteiger partial charge in [0.05, 0.1) is 0 Å². The summed E-state index contributed by atoms with van der Waals surface area (Å²) in [5.74, 6) is 0. The summed E-state index contributed by atoms with van der Waals surface area (Å²) in [5.41, 5.74) is 7.27. The fourth-order valence-electron chi connectivity index (χ4n) is 3.07. The highest BCUT2D eigenvalue weighted by Gasteiger charge is 2.01. The number of hydrogen-bond donors (Lipinski definition) is 1. The Labute approximate surface area is 150 Å². The van der Waals surface area contributed by atoms with Crippen LogP contribution in [-0.4, -0.2) is 6.21 Å². The molecule has 0 heterocycles. The van der Waals surface area contributed by atoms with Crippen LogP contribution >= 0.6 is 0 Å². The molecular weight excluding hydrogens is 302 g/mol. The molecule has 0 saturated carbocycles. The van der Waals surface area contributed by atoms with E-state index in [9.17, 15) is 0 Å². The van der Waals surface area contributed by atoms with Crippen LogP contribution in [0.25, 0.3) is 22.3 Å². The monoisotopic (exact) mass is 327 g/mol. The Bertz CT molecular complexity index is 796. The molecule has 1 heteroatoms. The van der Waals surface area contributed by atoms with Crippen molar-refractivity contribution in [1.29, 1.82) is 5.41 Å². The van der Waals surface area contributed by atoms with E-state index >= 15 is 0 Å². The number of hydrogen-bond acceptors (Lipinski definition) is 1. The third kappa shape index (κ3) is 4.45. The molecule has 0 aliphatic heterocycles. The lowest BCUT2D eigenvalue weighted by Crippen LogP contribution is -1.86. The molecule has 3 aromatic carbocycles. The van der Waals surface area contributed by atoms with E-state index in [1.807, 2.05) is 12.1 Å². The van der Waals surface area contributed by atoms with Crippen LogP contribution in [0.4, 0.5) is 0 Å². The molecule has 1 nitrogen and oxygen atoms in total. The number of aryl methyl sites for hydroxylation is 1. The summed E-state index contributed by atoms with van der Waals surface area (Å²) in [6.45, 7) is 2.25. The fourth-order valence-corrected chi connectivity index (χ4v) is 3.07. The minimum Gasteiger partial charge on any atom is -0.308 e. The zero-order valence-electron chi connectivity index (χ0n) is 14.8. The number of rotatable bonds is 7. The third-order valence-electron chi connectivity index (χ3n) is 4.65. The molecule has 0 aromatic heterocycles. The molecule has 0 saturated heterocycles. The zero-order valence-corrected chi connectivity index (χ0v) is 14.8. The molecule has 0 spiro atoms. The molecule has 1 N–H and O–H groups in total. The number of unbranched alkanes of at least 4 members (excludes halogenated alkanes) is 2. The summed E-state index contributed by atoms with van der Waals surface area (Å²) in [4.78, 5) is 0. The molecule has 0 radical (unpaired) electrons. The first-order valence-electron chi connectivity index (χ1n) is 9.10. The molecule has 0 fully saturated rings. The summed E-state index contributed by atoms with van der Waals surface area (Å²) < 4.78 is 0. The molecule has 0 bridgehead atoms. The highest BCUT2D eigenvalue weighted by atomic mass is 14.3. The van der Waals surface area contributed by atoms with Gasteiger partial charge in [-0.25, -0.2) is 0 Å². The topological polar surface area (TPSA) is 23.9 Å². The van der Waals surface area contributed by atoms with Gasteiger partial charge in [-0.1, -0.05) is 92.6 Å². The summed E-state index contributed by atoms with van der Waals surface area (Å²) in [6, 6.07) is 25.8. The smallest absolute Gasteiger partial charge is 0.0250 e. The van der Waals surface area contributed by atoms with Gasteiger partial charge in [-0.05, 0) is 46.2 Å². The van der Waals surface area contributed by atoms with Crippen molar-refractivity contribution in [3.05, 3.63) is 83.9 Å². The second-order valence-electron chi connectivity index (χ2n) is 6.50. The van der Waals surface area contributed by atoms with E-state index in [0.29, 0.717) is 0 Å². The van der Waals surface area contributed by atoms with E-state index in [0.717, 1.165) is 5.56 Å². The van der Waals surface area contributed by atoms with Gasteiger partial charge < -0.3 is 5.41 Å². The van der Waals surface area contributed by atoms with Gasteiger partial charge in [-0.15, -0.1) is 0 Å². The SMILES string of the molecule is CCCCCc1ccc(-c2ccc(-c3ccc(C=N)cc3)cc2)cc1. The minimum absolute atomic E-state index is 0.930. The van der Waals surface area contributed by atoms with Crippen molar-refractivity contribution in [1.82, 2.24) is 0 Å². The second kappa shape index (κ2) is 8.43. The van der Waals surface area contributed by atoms with Crippen LogP contribution in [0.1, 0.15) is 37.3 Å². The van der Waals surface area contributed by atoms with Crippen molar-refractivity contribution in [2.75, 3.05) is 0 Å². The Hall–Kier alpha value is -2.67. The first kappa shape index (κ1) is 17.2. The van der Waals surface area contributed by atoms with Crippen molar-refractivity contribution >= 4 is 6.21 Å². The average molecular weight is 327 g/mol. The highest BCUT2D eigenvalue weighted by molar-refractivity contribution is 5.79. The minimum atomic E-state index is 0.930. The lowest BCUT2D eigenvalue weighted by Gasteiger charge is -2.07. The Balaban J connectivity index is 1.72. The molecule has 0 aliphatic rings. The van der Waals surface area contributed by atoms with E-state index in [2.05, 4.69) is 67.6 Å². The quantitative estimate of drug-likeness (QED) is 0.366. The lowest BCUT2D eigenvalue weighted by molar-refractivity contribution is 0.717. The van der Waals surface area contributed by atoms with Crippen molar-refractivity contribution in [2.45, 2.75) is 32.6 Å². The molecule has 0 amide bonds. The second-order valence-corrected chi connectivity index (χ2v) is 6.50. The molecule has 126 valence electrons. The van der Waals surface area contributed by atoms with E-state index in [1.165, 1.54) is 59.7 Å². The third-order valence-corrected chi connectivity index (χ3v) is 4.65. The molecule has 3 rings (SSSR count). The Morgan fingerprint density at radius 3 is 1.52 bits per heavy atom. The standard InChI is InChI=1S/C24H25N/c1-2-3-4-5-19-6-10-21(11-7-19)23-14-16-24(17-15-23)22-12-8-20(18-25)9-13-22/h6-18,25H,2-5H2,1H3. The maximum atomic E-state index is 7.28. The molecule has 0 aliphatic carbocycles. The highest BCUT2D eigenvalue weighted by Crippen LogP contribution is 2.25. The molecular formula is C24H25N. The van der Waals surface area contributed by atoms with Gasteiger partial charge in [0, 0.05) is 6.21 Å². The first-order chi connectivity index (χ1) is 12.3. The summed E-state index contributed by atoms with van der Waals surface area (Å²) in [7, 11) is 0. The van der Waals surface area contributed by atoms with Crippen LogP contribution in [0, 0.1) is 5.41 Å². The van der Waals surface area contributed by atoms with E-state index in [-0.39, 0.29) is 0 Å². The predicted octanol–water partition coefficient (Wildman–Crippen LogP) is 6.75. The van der Waals surface area contributed by atoms with Gasteiger partial charge in [0.2, 0.25) is 0 Å². The van der Waals surface area contributed by atoms with Gasteiger partial charge in [-0.2, -0.15) is 0 Å². The summed E-state index contributed by atoms with van der Waals surface area (Å²) in [5, 5.41) is 7.28. The van der Waals surface area contributed by atoms with E-state index in [4.69, 9.17) is 5.41 Å². The molecule has 3 aromatic rings. The number of benzene rings is 3. The van der Waals surface area contributed by atoms with Crippen LogP contribution in [0.2, 0.25) is 0 Å². The fraction of sp³-hybridized carbons (Fsp3) is 0.208. The molecule has 0 atom stereocenters. The number of nitrogens with one attached hydrogen (secondary N) is 1. The Morgan fingerprint density at radius 2 is 1.08 bits per heavy atom. The first-order valence-corrected chi connectivity index (χ1v) is 9.10. The van der Waals surface area contributed by atoms with Crippen molar-refractivity contribution < 1.29 is 0 Å².